The molecule has 8 heteroatoms. The van der Waals surface area contributed by atoms with Crippen LogP contribution in [-0.2, 0) is 22.6 Å². The number of fused-ring (bicyclic) bond motifs is 1. The minimum atomic E-state index is -0.766. The fourth-order valence-corrected chi connectivity index (χ4v) is 5.65. The maximum absolute atomic E-state index is 13.9. The molecule has 1 fully saturated rings. The Morgan fingerprint density at radius 2 is 1.76 bits per heavy atom. The van der Waals surface area contributed by atoms with Crippen molar-refractivity contribution in [1.82, 2.24) is 10.2 Å². The van der Waals surface area contributed by atoms with Crippen molar-refractivity contribution in [3.8, 4) is 5.75 Å². The van der Waals surface area contributed by atoms with Gasteiger partial charge in [0.25, 0.3) is 5.91 Å². The monoisotopic (exact) mass is 551 g/mol. The summed E-state index contributed by atoms with van der Waals surface area (Å²) >= 11 is 12.5. The molecule has 3 aromatic rings. The molecule has 2 aliphatic heterocycles. The number of amides is 2. The molecule has 1 N–H and O–H groups in total. The number of anilines is 1. The van der Waals surface area contributed by atoms with Crippen LogP contribution in [0.15, 0.2) is 72.8 Å². The molecule has 0 aromatic heterocycles. The van der Waals surface area contributed by atoms with Crippen molar-refractivity contribution in [3.05, 3.63) is 94.0 Å². The number of hydrogen-bond acceptors (Lipinski definition) is 4. The van der Waals surface area contributed by atoms with Crippen molar-refractivity contribution >= 4 is 40.7 Å². The molecule has 38 heavy (non-hydrogen) atoms. The second-order valence-electron chi connectivity index (χ2n) is 9.86. The highest BCUT2D eigenvalue weighted by Crippen LogP contribution is 2.35. The number of rotatable bonds is 7. The molecule has 0 unspecified atom stereocenters. The van der Waals surface area contributed by atoms with E-state index in [1.54, 1.807) is 11.0 Å². The Bertz CT molecular complexity index is 1290. The molecule has 0 bridgehead atoms. The van der Waals surface area contributed by atoms with E-state index in [4.69, 9.17) is 27.9 Å². The molecule has 6 nitrogen and oxygen atoms in total. The van der Waals surface area contributed by atoms with Gasteiger partial charge in [-0.15, -0.1) is 0 Å². The van der Waals surface area contributed by atoms with E-state index in [1.165, 1.54) is 0 Å². The first-order valence-corrected chi connectivity index (χ1v) is 13.8. The van der Waals surface area contributed by atoms with Crippen molar-refractivity contribution in [2.45, 2.75) is 31.9 Å². The highest BCUT2D eigenvalue weighted by atomic mass is 35.5. The molecule has 198 valence electrons. The molecule has 3 aromatic carbocycles. The van der Waals surface area contributed by atoms with E-state index in [2.05, 4.69) is 10.2 Å². The predicted octanol–water partition coefficient (Wildman–Crippen LogP) is 5.36. The highest BCUT2D eigenvalue weighted by molar-refractivity contribution is 6.35. The van der Waals surface area contributed by atoms with Gasteiger partial charge in [0.1, 0.15) is 5.75 Å². The zero-order chi connectivity index (χ0) is 26.5. The standard InChI is InChI=1S/C30H31Cl2N3O3/c31-24-13-12-22(25(32)17-24)18-34-16-6-9-23(19-34)30(37)35-20-28(38-27-11-5-4-10-26(27)35)29(36)33-15-14-21-7-2-1-3-8-21/h1-5,7-8,10-13,17,23,28H,6,9,14-16,18-20H2,(H,33,36)/t23-,28-/m1/s1. The Balaban J connectivity index is 1.25. The number of hydrogen-bond donors (Lipinski definition) is 1. The van der Waals surface area contributed by atoms with Crippen molar-refractivity contribution in [2.24, 2.45) is 5.92 Å². The van der Waals surface area contributed by atoms with Crippen LogP contribution >= 0.6 is 23.2 Å². The van der Waals surface area contributed by atoms with E-state index in [1.807, 2.05) is 66.7 Å². The predicted molar refractivity (Wildman–Crippen MR) is 151 cm³/mol. The molecule has 2 amide bonds. The van der Waals surface area contributed by atoms with Crippen molar-refractivity contribution in [1.29, 1.82) is 0 Å². The van der Waals surface area contributed by atoms with E-state index >= 15 is 0 Å². The van der Waals surface area contributed by atoms with Crippen LogP contribution in [0, 0.1) is 5.92 Å². The second-order valence-corrected chi connectivity index (χ2v) is 10.7. The number of halogens is 2. The lowest BCUT2D eigenvalue weighted by molar-refractivity contribution is -0.129. The van der Waals surface area contributed by atoms with E-state index in [0.717, 1.165) is 36.9 Å². The number of nitrogens with one attached hydrogen (secondary N) is 1. The zero-order valence-corrected chi connectivity index (χ0v) is 22.6. The van der Waals surface area contributed by atoms with Crippen LogP contribution in [0.2, 0.25) is 10.0 Å². The number of benzene rings is 3. The first-order valence-electron chi connectivity index (χ1n) is 13.0. The van der Waals surface area contributed by atoms with E-state index in [9.17, 15) is 9.59 Å². The van der Waals surface area contributed by atoms with Crippen LogP contribution in [0.3, 0.4) is 0 Å². The summed E-state index contributed by atoms with van der Waals surface area (Å²) in [6, 6.07) is 23.0. The van der Waals surface area contributed by atoms with Gasteiger partial charge in [0, 0.05) is 29.7 Å². The molecule has 0 aliphatic carbocycles. The smallest absolute Gasteiger partial charge is 0.262 e. The number of carbonyl (C=O) groups is 2. The summed E-state index contributed by atoms with van der Waals surface area (Å²) in [6.45, 7) is 2.88. The van der Waals surface area contributed by atoms with Gasteiger partial charge in [-0.05, 0) is 61.2 Å². The SMILES string of the molecule is O=C(NCCc1ccccc1)[C@H]1CN(C(=O)[C@@H]2CCCN(Cc3ccc(Cl)cc3Cl)C2)c2ccccc2O1. The molecule has 2 atom stereocenters. The first kappa shape index (κ1) is 26.5. The Hall–Kier alpha value is -3.06. The third-order valence-corrected chi connectivity index (χ3v) is 7.74. The lowest BCUT2D eigenvalue weighted by Crippen LogP contribution is -2.53. The Labute approximate surface area is 233 Å². The quantitative estimate of drug-likeness (QED) is 0.429. The summed E-state index contributed by atoms with van der Waals surface area (Å²) in [4.78, 5) is 30.9. The summed E-state index contributed by atoms with van der Waals surface area (Å²) in [5.41, 5.74) is 2.86. The van der Waals surface area contributed by atoms with Crippen LogP contribution < -0.4 is 15.0 Å². The summed E-state index contributed by atoms with van der Waals surface area (Å²) in [6.07, 6.45) is 1.68. The number of piperidine rings is 1. The molecule has 2 aliphatic rings. The van der Waals surface area contributed by atoms with Gasteiger partial charge < -0.3 is 15.0 Å². The van der Waals surface area contributed by atoms with Gasteiger partial charge in [-0.1, -0.05) is 71.7 Å². The van der Waals surface area contributed by atoms with Gasteiger partial charge in [-0.3, -0.25) is 14.5 Å². The molecule has 0 radical (unpaired) electrons. The fraction of sp³-hybridized carbons (Fsp3) is 0.333. The highest BCUT2D eigenvalue weighted by Gasteiger charge is 2.37. The van der Waals surface area contributed by atoms with E-state index in [0.29, 0.717) is 41.1 Å². The molecule has 0 spiro atoms. The number of para-hydroxylation sites is 2. The van der Waals surface area contributed by atoms with Gasteiger partial charge >= 0.3 is 0 Å². The van der Waals surface area contributed by atoms with Crippen LogP contribution in [0.5, 0.6) is 5.75 Å². The van der Waals surface area contributed by atoms with Gasteiger partial charge in [0.2, 0.25) is 5.91 Å². The number of likely N-dealkylation sites (tertiary alicyclic amines) is 1. The lowest BCUT2D eigenvalue weighted by atomic mass is 9.95. The van der Waals surface area contributed by atoms with E-state index in [-0.39, 0.29) is 24.3 Å². The van der Waals surface area contributed by atoms with E-state index < -0.39 is 6.10 Å². The summed E-state index contributed by atoms with van der Waals surface area (Å²) < 4.78 is 6.05. The van der Waals surface area contributed by atoms with Crippen molar-refractivity contribution < 1.29 is 14.3 Å². The Morgan fingerprint density at radius 1 is 0.974 bits per heavy atom. The third-order valence-electron chi connectivity index (χ3n) is 7.15. The van der Waals surface area contributed by atoms with Gasteiger partial charge in [-0.25, -0.2) is 0 Å². The minimum absolute atomic E-state index is 0.0229. The average molecular weight is 553 g/mol. The Kier molecular flexibility index (Phi) is 8.52. The van der Waals surface area contributed by atoms with Crippen LogP contribution in [0.25, 0.3) is 0 Å². The largest absolute Gasteiger partial charge is 0.477 e. The zero-order valence-electron chi connectivity index (χ0n) is 21.1. The van der Waals surface area contributed by atoms with Crippen molar-refractivity contribution in [2.75, 3.05) is 31.1 Å². The summed E-state index contributed by atoms with van der Waals surface area (Å²) in [7, 11) is 0. The number of carbonyl (C=O) groups excluding carboxylic acids is 2. The number of nitrogens with zero attached hydrogens (tertiary/aromatic N) is 2. The molecule has 0 saturated carbocycles. The third kappa shape index (κ3) is 6.32. The van der Waals surface area contributed by atoms with Crippen molar-refractivity contribution in [3.63, 3.8) is 0 Å². The maximum Gasteiger partial charge on any atom is 0.262 e. The normalized spacial score (nSPS) is 19.4. The molecule has 5 rings (SSSR count). The van der Waals surface area contributed by atoms with Gasteiger partial charge in [0.15, 0.2) is 6.10 Å². The molecular weight excluding hydrogens is 521 g/mol. The summed E-state index contributed by atoms with van der Waals surface area (Å²) in [5, 5.41) is 4.22. The van der Waals surface area contributed by atoms with Crippen LogP contribution in [0.4, 0.5) is 5.69 Å². The maximum atomic E-state index is 13.9. The van der Waals surface area contributed by atoms with Gasteiger partial charge in [0.05, 0.1) is 18.2 Å². The fourth-order valence-electron chi connectivity index (χ4n) is 5.18. The topological polar surface area (TPSA) is 61.9 Å². The first-order chi connectivity index (χ1) is 18.5. The van der Waals surface area contributed by atoms with Crippen LogP contribution in [-0.4, -0.2) is 49.0 Å². The molecular formula is C30H31Cl2N3O3. The summed E-state index contributed by atoms with van der Waals surface area (Å²) in [5.74, 6) is 0.185. The van der Waals surface area contributed by atoms with Crippen LogP contribution in [0.1, 0.15) is 24.0 Å². The lowest BCUT2D eigenvalue weighted by Gasteiger charge is -2.38. The van der Waals surface area contributed by atoms with Gasteiger partial charge in [-0.2, -0.15) is 0 Å². The second kappa shape index (κ2) is 12.2. The number of ether oxygens (including phenoxy) is 1. The molecule has 1 saturated heterocycles. The minimum Gasteiger partial charge on any atom is -0.477 e. The average Bonchev–Trinajstić information content (AvgIpc) is 2.94. The molecule has 2 heterocycles. The Morgan fingerprint density at radius 3 is 2.58 bits per heavy atom.